The van der Waals surface area contributed by atoms with Crippen LogP contribution in [0, 0.1) is 20.8 Å². The molecule has 0 atom stereocenters. The van der Waals surface area contributed by atoms with E-state index >= 15 is 0 Å². The molecule has 0 heterocycles. The van der Waals surface area contributed by atoms with Crippen molar-refractivity contribution in [3.05, 3.63) is 101 Å². The lowest BCUT2D eigenvalue weighted by molar-refractivity contribution is -0.119. The van der Waals surface area contributed by atoms with Crippen LogP contribution in [0.2, 0.25) is 0 Å². The molecular weight excluding hydrogens is 474 g/mol. The van der Waals surface area contributed by atoms with Crippen molar-refractivity contribution in [3.63, 3.8) is 0 Å². The normalized spacial score (nSPS) is 11.6. The lowest BCUT2D eigenvalue weighted by Gasteiger charge is -2.25. The molecule has 0 unspecified atom stereocenters. The van der Waals surface area contributed by atoms with Gasteiger partial charge in [0.15, 0.2) is 0 Å². The summed E-state index contributed by atoms with van der Waals surface area (Å²) in [7, 11) is -4.03. The maximum Gasteiger partial charge on any atom is 0.264 e. The molecule has 0 saturated carbocycles. The van der Waals surface area contributed by atoms with Gasteiger partial charge < -0.3 is 5.11 Å². The van der Waals surface area contributed by atoms with E-state index in [2.05, 4.69) is 10.5 Å². The number of fused-ring (bicyclic) bond motifs is 1. The number of benzene rings is 4. The number of carbonyl (C=O) groups is 1. The number of phenols is 1. The minimum absolute atomic E-state index is 0.0190. The molecule has 4 rings (SSSR count). The predicted molar refractivity (Wildman–Crippen MR) is 143 cm³/mol. The standard InChI is InChI=1S/C28H27N3O4S/c1-19-8-12-23(13-9-19)36(34,35)31(26-14-10-20(2)16-21(26)3)18-28(33)30-29-17-25-24-7-5-4-6-22(24)11-15-27(25)32/h4-17,32H,18H2,1-3H3,(H,30,33)/b29-17-. The molecule has 0 fully saturated rings. The number of hydrogen-bond acceptors (Lipinski definition) is 5. The van der Waals surface area contributed by atoms with E-state index in [4.69, 9.17) is 0 Å². The minimum Gasteiger partial charge on any atom is -0.507 e. The molecule has 0 aliphatic rings. The van der Waals surface area contributed by atoms with Crippen molar-refractivity contribution in [2.24, 2.45) is 5.10 Å². The summed E-state index contributed by atoms with van der Waals surface area (Å²) in [6.45, 7) is 5.12. The van der Waals surface area contributed by atoms with Crippen LogP contribution in [-0.4, -0.2) is 32.2 Å². The van der Waals surface area contributed by atoms with E-state index in [1.54, 1.807) is 43.3 Å². The van der Waals surface area contributed by atoms with E-state index in [1.807, 2.05) is 44.2 Å². The third kappa shape index (κ3) is 5.23. The Morgan fingerprint density at radius 2 is 1.64 bits per heavy atom. The second-order valence-corrected chi connectivity index (χ2v) is 10.5. The van der Waals surface area contributed by atoms with Gasteiger partial charge in [0.2, 0.25) is 0 Å². The van der Waals surface area contributed by atoms with Crippen molar-refractivity contribution in [3.8, 4) is 5.75 Å². The van der Waals surface area contributed by atoms with Gasteiger partial charge in [0, 0.05) is 5.56 Å². The van der Waals surface area contributed by atoms with Crippen LogP contribution in [-0.2, 0) is 14.8 Å². The Morgan fingerprint density at radius 1 is 0.944 bits per heavy atom. The average Bonchev–Trinajstić information content (AvgIpc) is 2.84. The number of anilines is 1. The summed E-state index contributed by atoms with van der Waals surface area (Å²) in [4.78, 5) is 13.0. The molecule has 0 aromatic heterocycles. The van der Waals surface area contributed by atoms with Gasteiger partial charge in [-0.1, -0.05) is 65.7 Å². The second-order valence-electron chi connectivity index (χ2n) is 8.63. The Balaban J connectivity index is 1.62. The lowest BCUT2D eigenvalue weighted by Crippen LogP contribution is -2.40. The maximum atomic E-state index is 13.6. The van der Waals surface area contributed by atoms with E-state index < -0.39 is 22.5 Å². The van der Waals surface area contributed by atoms with E-state index in [1.165, 1.54) is 18.3 Å². The Labute approximate surface area is 210 Å². The van der Waals surface area contributed by atoms with Crippen molar-refractivity contribution in [2.45, 2.75) is 25.7 Å². The molecule has 0 bridgehead atoms. The van der Waals surface area contributed by atoms with Crippen LogP contribution in [0.15, 0.2) is 88.9 Å². The van der Waals surface area contributed by atoms with Gasteiger partial charge in [-0.3, -0.25) is 9.10 Å². The fraction of sp³-hybridized carbons (Fsp3) is 0.143. The monoisotopic (exact) mass is 501 g/mol. The zero-order valence-corrected chi connectivity index (χ0v) is 21.1. The van der Waals surface area contributed by atoms with Crippen LogP contribution in [0.1, 0.15) is 22.3 Å². The fourth-order valence-electron chi connectivity index (χ4n) is 3.98. The maximum absolute atomic E-state index is 13.6. The van der Waals surface area contributed by atoms with Crippen LogP contribution in [0.3, 0.4) is 0 Å². The fourth-order valence-corrected chi connectivity index (χ4v) is 5.46. The number of rotatable bonds is 7. The number of carbonyl (C=O) groups excluding carboxylic acids is 1. The molecule has 7 nitrogen and oxygen atoms in total. The van der Waals surface area contributed by atoms with Crippen LogP contribution in [0.4, 0.5) is 5.69 Å². The number of nitrogens with one attached hydrogen (secondary N) is 1. The number of aryl methyl sites for hydroxylation is 3. The third-order valence-electron chi connectivity index (χ3n) is 5.85. The zero-order valence-electron chi connectivity index (χ0n) is 20.3. The van der Waals surface area contributed by atoms with Gasteiger partial charge in [-0.25, -0.2) is 13.8 Å². The summed E-state index contributed by atoms with van der Waals surface area (Å²) in [5.41, 5.74) is 5.89. The zero-order chi connectivity index (χ0) is 25.9. The number of hydrazone groups is 1. The highest BCUT2D eigenvalue weighted by Gasteiger charge is 2.28. The average molecular weight is 502 g/mol. The van der Waals surface area contributed by atoms with Crippen LogP contribution in [0.25, 0.3) is 10.8 Å². The van der Waals surface area contributed by atoms with Gasteiger partial charge in [0.05, 0.1) is 16.8 Å². The van der Waals surface area contributed by atoms with E-state index in [0.29, 0.717) is 11.3 Å². The van der Waals surface area contributed by atoms with Crippen molar-refractivity contribution in [1.29, 1.82) is 0 Å². The molecule has 0 aliphatic carbocycles. The molecule has 1 amide bonds. The summed E-state index contributed by atoms with van der Waals surface area (Å²) in [5, 5.41) is 16.0. The highest BCUT2D eigenvalue weighted by atomic mass is 32.2. The van der Waals surface area contributed by atoms with Gasteiger partial charge in [-0.2, -0.15) is 5.10 Å². The van der Waals surface area contributed by atoms with Crippen molar-refractivity contribution in [2.75, 3.05) is 10.8 Å². The highest BCUT2D eigenvalue weighted by molar-refractivity contribution is 7.92. The summed E-state index contributed by atoms with van der Waals surface area (Å²) < 4.78 is 28.2. The molecule has 0 radical (unpaired) electrons. The van der Waals surface area contributed by atoms with Crippen molar-refractivity contribution < 1.29 is 18.3 Å². The van der Waals surface area contributed by atoms with E-state index in [9.17, 15) is 18.3 Å². The Kier molecular flexibility index (Phi) is 7.07. The summed E-state index contributed by atoms with van der Waals surface area (Å²) in [6.07, 6.45) is 1.35. The molecule has 4 aromatic carbocycles. The first-order chi connectivity index (χ1) is 17.2. The van der Waals surface area contributed by atoms with Gasteiger partial charge in [0.1, 0.15) is 12.3 Å². The number of phenolic OH excluding ortho intramolecular Hbond substituents is 1. The van der Waals surface area contributed by atoms with E-state index in [0.717, 1.165) is 31.8 Å². The smallest absolute Gasteiger partial charge is 0.264 e. The number of hydrogen-bond donors (Lipinski definition) is 2. The summed E-state index contributed by atoms with van der Waals surface area (Å²) in [6, 6.07) is 22.7. The molecule has 184 valence electrons. The van der Waals surface area contributed by atoms with Gasteiger partial charge in [-0.15, -0.1) is 0 Å². The van der Waals surface area contributed by atoms with Gasteiger partial charge >= 0.3 is 0 Å². The number of aromatic hydroxyl groups is 1. The van der Waals surface area contributed by atoms with Crippen LogP contribution >= 0.6 is 0 Å². The molecule has 0 saturated heterocycles. The van der Waals surface area contributed by atoms with Gasteiger partial charge in [0.25, 0.3) is 15.9 Å². The number of amides is 1. The van der Waals surface area contributed by atoms with Crippen LogP contribution < -0.4 is 9.73 Å². The second kappa shape index (κ2) is 10.2. The first kappa shape index (κ1) is 24.9. The number of sulfonamides is 1. The van der Waals surface area contributed by atoms with Crippen molar-refractivity contribution >= 4 is 38.6 Å². The number of nitrogens with zero attached hydrogens (tertiary/aromatic N) is 2. The first-order valence-corrected chi connectivity index (χ1v) is 12.8. The Morgan fingerprint density at radius 3 is 2.36 bits per heavy atom. The largest absolute Gasteiger partial charge is 0.507 e. The van der Waals surface area contributed by atoms with Crippen molar-refractivity contribution in [1.82, 2.24) is 5.43 Å². The quantitative estimate of drug-likeness (QED) is 0.280. The lowest BCUT2D eigenvalue weighted by atomic mass is 10.0. The molecule has 36 heavy (non-hydrogen) atoms. The SMILES string of the molecule is Cc1ccc(S(=O)(=O)N(CC(=O)N/N=C\c2c(O)ccc3ccccc23)c2ccc(C)cc2C)cc1. The summed E-state index contributed by atoms with van der Waals surface area (Å²) >= 11 is 0. The highest BCUT2D eigenvalue weighted by Crippen LogP contribution is 2.28. The molecular formula is C28H27N3O4S. The Bertz CT molecular complexity index is 1560. The van der Waals surface area contributed by atoms with Crippen LogP contribution in [0.5, 0.6) is 5.75 Å². The molecule has 2 N–H and O–H groups in total. The summed E-state index contributed by atoms with van der Waals surface area (Å²) in [5.74, 6) is -0.604. The predicted octanol–water partition coefficient (Wildman–Crippen LogP) is 4.82. The first-order valence-electron chi connectivity index (χ1n) is 11.4. The molecule has 8 heteroatoms. The minimum atomic E-state index is -4.03. The molecule has 0 spiro atoms. The van der Waals surface area contributed by atoms with Gasteiger partial charge in [-0.05, 0) is 61.4 Å². The topological polar surface area (TPSA) is 99.1 Å². The third-order valence-corrected chi connectivity index (χ3v) is 7.62. The molecule has 0 aliphatic heterocycles. The molecule has 4 aromatic rings. The van der Waals surface area contributed by atoms with E-state index in [-0.39, 0.29) is 10.6 Å². The Hall–Kier alpha value is -4.17.